The molecule has 1 amide bonds. The molecule has 0 saturated carbocycles. The minimum absolute atomic E-state index is 0.188. The first-order chi connectivity index (χ1) is 17.5. The summed E-state index contributed by atoms with van der Waals surface area (Å²) in [5.74, 6) is -0.189. The number of aromatic hydroxyl groups is 1. The molecule has 3 aromatic rings. The number of nitrogens with zero attached hydrogens (tertiary/aromatic N) is 4. The number of unbranched alkanes of at least 4 members (excludes halogenated alkanes) is 1. The molecule has 0 aliphatic carbocycles. The van der Waals surface area contributed by atoms with Gasteiger partial charge in [0, 0.05) is 25.4 Å². The van der Waals surface area contributed by atoms with Crippen molar-refractivity contribution in [3.8, 4) is 11.9 Å². The van der Waals surface area contributed by atoms with Gasteiger partial charge >= 0.3 is 0 Å². The normalized spacial score (nSPS) is 16.0. The maximum absolute atomic E-state index is 13.6. The van der Waals surface area contributed by atoms with Gasteiger partial charge in [-0.2, -0.15) is 10.2 Å². The molecule has 2 atom stereocenters. The number of benzene rings is 2. The highest BCUT2D eigenvalue weighted by atomic mass is 16.3. The Kier molecular flexibility index (Phi) is 7.84. The zero-order valence-corrected chi connectivity index (χ0v) is 20.9. The Hall–Kier alpha value is -3.92. The molecule has 1 aromatic heterocycles. The zero-order chi connectivity index (χ0) is 25.7. The van der Waals surface area contributed by atoms with Crippen LogP contribution in [0.5, 0.6) is 5.88 Å². The van der Waals surface area contributed by atoms with Crippen LogP contribution in [-0.2, 0) is 6.42 Å². The van der Waals surface area contributed by atoms with Crippen molar-refractivity contribution < 1.29 is 9.90 Å². The fraction of sp³-hybridized carbons (Fsp3) is 0.379. The van der Waals surface area contributed by atoms with Gasteiger partial charge in [-0.25, -0.2) is 0 Å². The molecule has 1 saturated heterocycles. The highest BCUT2D eigenvalue weighted by Crippen LogP contribution is 2.32. The fourth-order valence-corrected chi connectivity index (χ4v) is 5.07. The lowest BCUT2D eigenvalue weighted by Gasteiger charge is -2.26. The Labute approximate surface area is 211 Å². The van der Waals surface area contributed by atoms with E-state index in [9.17, 15) is 20.0 Å². The van der Waals surface area contributed by atoms with Crippen molar-refractivity contribution in [2.45, 2.75) is 57.9 Å². The molecule has 4 rings (SSSR count). The van der Waals surface area contributed by atoms with Gasteiger partial charge in [-0.1, -0.05) is 62.7 Å². The predicted molar refractivity (Wildman–Crippen MR) is 138 cm³/mol. The average Bonchev–Trinajstić information content (AvgIpc) is 3.40. The Balaban J connectivity index is 1.75. The lowest BCUT2D eigenvalue weighted by molar-refractivity contribution is 0.0783. The van der Waals surface area contributed by atoms with Crippen LogP contribution in [0, 0.1) is 11.3 Å². The SMILES string of the molecule is CCCCc1nc(=O)c(C(=O)N2CC[C@H](c3ccccc3)C2)c(O)n1[C@H](CC)c1cccc(C#N)c1. The van der Waals surface area contributed by atoms with E-state index in [4.69, 9.17) is 0 Å². The maximum Gasteiger partial charge on any atom is 0.289 e. The number of rotatable bonds is 8. The third kappa shape index (κ3) is 5.03. The summed E-state index contributed by atoms with van der Waals surface area (Å²) in [4.78, 5) is 32.6. The Morgan fingerprint density at radius 1 is 1.19 bits per heavy atom. The predicted octanol–water partition coefficient (Wildman–Crippen LogP) is 4.79. The van der Waals surface area contributed by atoms with Crippen LogP contribution in [0.2, 0.25) is 0 Å². The van der Waals surface area contributed by atoms with Gasteiger partial charge in [-0.05, 0) is 42.5 Å². The highest BCUT2D eigenvalue weighted by Gasteiger charge is 2.33. The summed E-state index contributed by atoms with van der Waals surface area (Å²) in [6, 6.07) is 19.0. The summed E-state index contributed by atoms with van der Waals surface area (Å²) in [6.07, 6.45) is 3.57. The first kappa shape index (κ1) is 25.2. The molecular formula is C29H32N4O3. The lowest BCUT2D eigenvalue weighted by Crippen LogP contribution is -2.35. The second-order valence-corrected chi connectivity index (χ2v) is 9.31. The molecular weight excluding hydrogens is 452 g/mol. The van der Waals surface area contributed by atoms with Gasteiger partial charge in [-0.15, -0.1) is 0 Å². The summed E-state index contributed by atoms with van der Waals surface area (Å²) in [7, 11) is 0. The third-order valence-electron chi connectivity index (χ3n) is 6.99. The summed E-state index contributed by atoms with van der Waals surface area (Å²) >= 11 is 0. The molecule has 7 heteroatoms. The van der Waals surface area contributed by atoms with Crippen molar-refractivity contribution >= 4 is 5.91 Å². The van der Waals surface area contributed by atoms with Crippen LogP contribution < -0.4 is 5.56 Å². The molecule has 2 heterocycles. The van der Waals surface area contributed by atoms with E-state index < -0.39 is 11.5 Å². The molecule has 1 aliphatic heterocycles. The largest absolute Gasteiger partial charge is 0.494 e. The molecule has 0 spiro atoms. The monoisotopic (exact) mass is 484 g/mol. The molecule has 2 aromatic carbocycles. The number of carbonyl (C=O) groups is 1. The zero-order valence-electron chi connectivity index (χ0n) is 20.9. The molecule has 0 unspecified atom stereocenters. The summed E-state index contributed by atoms with van der Waals surface area (Å²) in [6.45, 7) is 5.01. The minimum Gasteiger partial charge on any atom is -0.494 e. The second-order valence-electron chi connectivity index (χ2n) is 9.31. The maximum atomic E-state index is 13.6. The quantitative estimate of drug-likeness (QED) is 0.495. The third-order valence-corrected chi connectivity index (χ3v) is 6.99. The Morgan fingerprint density at radius 3 is 2.67 bits per heavy atom. The van der Waals surface area contributed by atoms with Crippen LogP contribution in [0.25, 0.3) is 0 Å². The summed E-state index contributed by atoms with van der Waals surface area (Å²) in [5, 5.41) is 20.8. The van der Waals surface area contributed by atoms with Gasteiger partial charge in [0.1, 0.15) is 5.82 Å². The molecule has 36 heavy (non-hydrogen) atoms. The van der Waals surface area contributed by atoms with E-state index in [1.165, 1.54) is 0 Å². The van der Waals surface area contributed by atoms with Gasteiger partial charge in [0.05, 0.1) is 17.7 Å². The van der Waals surface area contributed by atoms with E-state index in [-0.39, 0.29) is 23.4 Å². The minimum atomic E-state index is -0.691. The standard InChI is InChI=1S/C29H32N4O3/c1-3-5-14-25-31-27(34)26(28(35)32-16-15-23(19-32)21-11-7-6-8-12-21)29(36)33(25)24(4-2)22-13-9-10-20(17-22)18-30/h6-13,17,23-24,36H,3-5,14-16,19H2,1-2H3/t23-,24+/m0/s1. The van der Waals surface area contributed by atoms with Crippen molar-refractivity contribution in [1.29, 1.82) is 5.26 Å². The first-order valence-corrected chi connectivity index (χ1v) is 12.7. The van der Waals surface area contributed by atoms with Crippen LogP contribution >= 0.6 is 0 Å². The second kappa shape index (κ2) is 11.2. The van der Waals surface area contributed by atoms with Gasteiger partial charge in [0.25, 0.3) is 11.5 Å². The summed E-state index contributed by atoms with van der Waals surface area (Å²) in [5.41, 5.74) is 1.52. The van der Waals surface area contributed by atoms with Crippen molar-refractivity contribution in [1.82, 2.24) is 14.5 Å². The molecule has 7 nitrogen and oxygen atoms in total. The Morgan fingerprint density at radius 2 is 1.97 bits per heavy atom. The summed E-state index contributed by atoms with van der Waals surface area (Å²) < 4.78 is 1.63. The van der Waals surface area contributed by atoms with Crippen molar-refractivity contribution in [3.05, 3.63) is 93.0 Å². The number of nitriles is 1. The smallest absolute Gasteiger partial charge is 0.289 e. The van der Waals surface area contributed by atoms with Crippen molar-refractivity contribution in [3.63, 3.8) is 0 Å². The van der Waals surface area contributed by atoms with E-state index in [2.05, 4.69) is 11.1 Å². The molecule has 1 fully saturated rings. The average molecular weight is 485 g/mol. The van der Waals surface area contributed by atoms with Crippen LogP contribution in [0.1, 0.15) is 84.4 Å². The number of aryl methyl sites for hydroxylation is 1. The fourth-order valence-electron chi connectivity index (χ4n) is 5.07. The number of hydrogen-bond donors (Lipinski definition) is 1. The molecule has 1 aliphatic rings. The van der Waals surface area contributed by atoms with Gasteiger partial charge in [0.15, 0.2) is 5.56 Å². The van der Waals surface area contributed by atoms with Crippen molar-refractivity contribution in [2.75, 3.05) is 13.1 Å². The molecule has 0 radical (unpaired) electrons. The van der Waals surface area contributed by atoms with E-state index >= 15 is 0 Å². The number of likely N-dealkylation sites (tertiary alicyclic amines) is 1. The van der Waals surface area contributed by atoms with Crippen LogP contribution in [-0.4, -0.2) is 38.6 Å². The highest BCUT2D eigenvalue weighted by molar-refractivity contribution is 5.96. The number of aromatic nitrogens is 2. The number of amides is 1. The molecule has 0 bridgehead atoms. The van der Waals surface area contributed by atoms with Gasteiger partial charge in [0.2, 0.25) is 5.88 Å². The van der Waals surface area contributed by atoms with Gasteiger partial charge in [-0.3, -0.25) is 14.2 Å². The van der Waals surface area contributed by atoms with E-state index in [0.29, 0.717) is 37.3 Å². The Bertz CT molecular complexity index is 1330. The van der Waals surface area contributed by atoms with Crippen LogP contribution in [0.3, 0.4) is 0 Å². The number of carbonyl (C=O) groups excluding carboxylic acids is 1. The van der Waals surface area contributed by atoms with E-state index in [1.807, 2.05) is 50.2 Å². The topological polar surface area (TPSA) is 99.2 Å². The van der Waals surface area contributed by atoms with E-state index in [0.717, 1.165) is 30.4 Å². The number of hydrogen-bond acceptors (Lipinski definition) is 5. The van der Waals surface area contributed by atoms with E-state index in [1.54, 1.807) is 27.7 Å². The lowest BCUT2D eigenvalue weighted by atomic mass is 9.99. The molecule has 186 valence electrons. The molecule has 1 N–H and O–H groups in total. The van der Waals surface area contributed by atoms with Crippen molar-refractivity contribution in [2.24, 2.45) is 0 Å². The first-order valence-electron chi connectivity index (χ1n) is 12.7. The van der Waals surface area contributed by atoms with Gasteiger partial charge < -0.3 is 10.0 Å². The van der Waals surface area contributed by atoms with Crippen LogP contribution in [0.15, 0.2) is 59.4 Å². The van der Waals surface area contributed by atoms with Crippen LogP contribution in [0.4, 0.5) is 0 Å².